The first-order chi connectivity index (χ1) is 11.7. The van der Waals surface area contributed by atoms with Gasteiger partial charge in [0, 0.05) is 0 Å². The molecule has 0 unspecified atom stereocenters. The van der Waals surface area contributed by atoms with Crippen molar-refractivity contribution >= 4 is 11.5 Å². The molecule has 0 saturated carbocycles. The first kappa shape index (κ1) is 15.2. The number of carbonyl (C=O) groups is 1. The van der Waals surface area contributed by atoms with Crippen LogP contribution < -0.4 is 0 Å². The summed E-state index contributed by atoms with van der Waals surface area (Å²) in [4.78, 5) is 11.0. The van der Waals surface area contributed by atoms with Crippen LogP contribution in [-0.4, -0.2) is 11.1 Å². The van der Waals surface area contributed by atoms with E-state index in [0.717, 1.165) is 19.3 Å². The summed E-state index contributed by atoms with van der Waals surface area (Å²) >= 11 is 0. The Labute approximate surface area is 142 Å². The number of benzene rings is 2. The van der Waals surface area contributed by atoms with E-state index in [2.05, 4.69) is 18.2 Å². The van der Waals surface area contributed by atoms with E-state index in [-0.39, 0.29) is 0 Å². The van der Waals surface area contributed by atoms with Gasteiger partial charge in [0.05, 0.1) is 5.56 Å². The van der Waals surface area contributed by atoms with Crippen LogP contribution in [0.25, 0.3) is 5.57 Å². The fourth-order valence-corrected chi connectivity index (χ4v) is 4.01. The second-order valence-electron chi connectivity index (χ2n) is 6.93. The summed E-state index contributed by atoms with van der Waals surface area (Å²) in [6, 6.07) is 12.2. The number of carboxylic acid groups (broad SMARTS) is 1. The summed E-state index contributed by atoms with van der Waals surface area (Å²) in [7, 11) is 0. The van der Waals surface area contributed by atoms with Crippen molar-refractivity contribution in [2.45, 2.75) is 44.9 Å². The van der Waals surface area contributed by atoms with Crippen LogP contribution in [0.5, 0.6) is 0 Å². The first-order valence-corrected chi connectivity index (χ1v) is 8.87. The van der Waals surface area contributed by atoms with Gasteiger partial charge in [-0.15, -0.1) is 0 Å². The van der Waals surface area contributed by atoms with Crippen molar-refractivity contribution in [1.29, 1.82) is 0 Å². The van der Waals surface area contributed by atoms with Crippen molar-refractivity contribution in [3.05, 3.63) is 75.9 Å². The molecule has 0 aliphatic heterocycles. The zero-order valence-corrected chi connectivity index (χ0v) is 13.8. The molecule has 0 amide bonds. The molecule has 0 spiro atoms. The average molecular weight is 318 g/mol. The molecule has 2 nitrogen and oxygen atoms in total. The number of allylic oxidation sites excluding steroid dienone is 2. The average Bonchev–Trinajstić information content (AvgIpc) is 2.61. The molecular weight excluding hydrogens is 296 g/mol. The third-order valence-electron chi connectivity index (χ3n) is 5.31. The highest BCUT2D eigenvalue weighted by molar-refractivity contribution is 5.87. The van der Waals surface area contributed by atoms with Crippen molar-refractivity contribution in [1.82, 2.24) is 0 Å². The lowest BCUT2D eigenvalue weighted by Gasteiger charge is -2.24. The Kier molecular flexibility index (Phi) is 3.97. The molecule has 0 fully saturated rings. The molecule has 24 heavy (non-hydrogen) atoms. The Bertz CT molecular complexity index is 813. The molecule has 0 heterocycles. The molecule has 122 valence electrons. The van der Waals surface area contributed by atoms with E-state index in [1.165, 1.54) is 53.5 Å². The lowest BCUT2D eigenvalue weighted by atomic mass is 9.81. The smallest absolute Gasteiger partial charge is 0.335 e. The maximum atomic E-state index is 11.0. The molecule has 0 atom stereocenters. The van der Waals surface area contributed by atoms with E-state index < -0.39 is 5.97 Å². The summed E-state index contributed by atoms with van der Waals surface area (Å²) in [5, 5.41) is 9.03. The third-order valence-corrected chi connectivity index (χ3v) is 5.31. The molecule has 0 saturated heterocycles. The molecule has 0 radical (unpaired) electrons. The Morgan fingerprint density at radius 3 is 2.33 bits per heavy atom. The van der Waals surface area contributed by atoms with Gasteiger partial charge in [-0.1, -0.05) is 30.3 Å². The molecule has 1 N–H and O–H groups in total. The molecule has 0 aromatic heterocycles. The minimum absolute atomic E-state index is 0.353. The summed E-state index contributed by atoms with van der Waals surface area (Å²) in [5.41, 5.74) is 8.94. The van der Waals surface area contributed by atoms with Crippen LogP contribution in [0.2, 0.25) is 0 Å². The number of hydrogen-bond acceptors (Lipinski definition) is 1. The van der Waals surface area contributed by atoms with E-state index in [9.17, 15) is 4.79 Å². The molecule has 2 aliphatic carbocycles. The monoisotopic (exact) mass is 318 g/mol. The fourth-order valence-electron chi connectivity index (χ4n) is 4.01. The van der Waals surface area contributed by atoms with Crippen molar-refractivity contribution in [3.63, 3.8) is 0 Å². The number of carboxylic acids is 1. The minimum atomic E-state index is -0.865. The Hall–Kier alpha value is -2.35. The van der Waals surface area contributed by atoms with Crippen molar-refractivity contribution in [2.75, 3.05) is 0 Å². The lowest BCUT2D eigenvalue weighted by Crippen LogP contribution is -2.09. The van der Waals surface area contributed by atoms with Gasteiger partial charge < -0.3 is 5.11 Å². The Morgan fingerprint density at radius 1 is 0.917 bits per heavy atom. The molecule has 2 aliphatic rings. The first-order valence-electron chi connectivity index (χ1n) is 8.87. The van der Waals surface area contributed by atoms with Gasteiger partial charge in [0.15, 0.2) is 0 Å². The Morgan fingerprint density at radius 2 is 1.62 bits per heavy atom. The van der Waals surface area contributed by atoms with Gasteiger partial charge in [0.2, 0.25) is 0 Å². The van der Waals surface area contributed by atoms with Crippen LogP contribution in [-0.2, 0) is 25.7 Å². The third kappa shape index (κ3) is 2.89. The van der Waals surface area contributed by atoms with Crippen LogP contribution in [0, 0.1) is 0 Å². The van der Waals surface area contributed by atoms with E-state index in [1.54, 1.807) is 17.7 Å². The normalized spacial score (nSPS) is 16.1. The SMILES string of the molecule is O=C(O)c1ccc(CC2=CCCc3cc4c(cc32)CCCC4)cc1. The topological polar surface area (TPSA) is 37.3 Å². The number of rotatable bonds is 3. The fraction of sp³-hybridized carbons (Fsp3) is 0.318. The van der Waals surface area contributed by atoms with Gasteiger partial charge in [0.1, 0.15) is 0 Å². The number of aryl methyl sites for hydroxylation is 3. The van der Waals surface area contributed by atoms with E-state index in [4.69, 9.17) is 5.11 Å². The summed E-state index contributed by atoms with van der Waals surface area (Å²) in [6.45, 7) is 0. The zero-order valence-electron chi connectivity index (χ0n) is 13.8. The molecule has 2 heteroatoms. The quantitative estimate of drug-likeness (QED) is 0.879. The van der Waals surface area contributed by atoms with Crippen LogP contribution in [0.4, 0.5) is 0 Å². The van der Waals surface area contributed by atoms with Crippen molar-refractivity contribution in [2.24, 2.45) is 0 Å². The highest BCUT2D eigenvalue weighted by atomic mass is 16.4. The zero-order chi connectivity index (χ0) is 16.5. The molecule has 0 bridgehead atoms. The van der Waals surface area contributed by atoms with Crippen LogP contribution in [0.3, 0.4) is 0 Å². The van der Waals surface area contributed by atoms with Crippen molar-refractivity contribution in [3.8, 4) is 0 Å². The van der Waals surface area contributed by atoms with E-state index in [0.29, 0.717) is 5.56 Å². The second-order valence-corrected chi connectivity index (χ2v) is 6.93. The minimum Gasteiger partial charge on any atom is -0.478 e. The molecule has 2 aromatic rings. The lowest BCUT2D eigenvalue weighted by molar-refractivity contribution is 0.0697. The predicted octanol–water partition coefficient (Wildman–Crippen LogP) is 4.84. The van der Waals surface area contributed by atoms with Crippen LogP contribution in [0.15, 0.2) is 42.5 Å². The number of fused-ring (bicyclic) bond motifs is 2. The van der Waals surface area contributed by atoms with Gasteiger partial charge in [0.25, 0.3) is 0 Å². The molecule has 2 aromatic carbocycles. The van der Waals surface area contributed by atoms with Gasteiger partial charge in [-0.05, 0) is 90.5 Å². The van der Waals surface area contributed by atoms with Crippen LogP contribution in [0.1, 0.15) is 57.4 Å². The van der Waals surface area contributed by atoms with Gasteiger partial charge in [-0.25, -0.2) is 4.79 Å². The van der Waals surface area contributed by atoms with Gasteiger partial charge >= 0.3 is 5.97 Å². The largest absolute Gasteiger partial charge is 0.478 e. The maximum absolute atomic E-state index is 11.0. The molecule has 4 rings (SSSR count). The highest BCUT2D eigenvalue weighted by Crippen LogP contribution is 2.34. The Balaban J connectivity index is 1.63. The van der Waals surface area contributed by atoms with Gasteiger partial charge in [-0.3, -0.25) is 0 Å². The standard InChI is InChI=1S/C22H22O2/c23-22(24)16-10-8-15(9-11-16)12-19-6-3-7-20-13-17-4-1-2-5-18(17)14-21(19)20/h6,8-11,13-14H,1-5,7,12H2,(H,23,24). The summed E-state index contributed by atoms with van der Waals surface area (Å²) < 4.78 is 0. The predicted molar refractivity (Wildman–Crippen MR) is 96.5 cm³/mol. The van der Waals surface area contributed by atoms with E-state index in [1.807, 2.05) is 12.1 Å². The van der Waals surface area contributed by atoms with Gasteiger partial charge in [-0.2, -0.15) is 0 Å². The number of aromatic carboxylic acids is 1. The van der Waals surface area contributed by atoms with Crippen molar-refractivity contribution < 1.29 is 9.90 Å². The molecular formula is C22H22O2. The highest BCUT2D eigenvalue weighted by Gasteiger charge is 2.18. The second kappa shape index (κ2) is 6.27. The van der Waals surface area contributed by atoms with E-state index >= 15 is 0 Å². The number of hydrogen-bond donors (Lipinski definition) is 1. The summed E-state index contributed by atoms with van der Waals surface area (Å²) in [5.74, 6) is -0.865. The van der Waals surface area contributed by atoms with Crippen LogP contribution >= 0.6 is 0 Å². The maximum Gasteiger partial charge on any atom is 0.335 e. The summed E-state index contributed by atoms with van der Waals surface area (Å²) in [6.07, 6.45) is 10.6.